The SMILES string of the molecule is CCc1ccc(CNC(CCCN)COC)s1. The van der Waals surface area contributed by atoms with Crippen molar-refractivity contribution in [2.24, 2.45) is 5.73 Å². The Morgan fingerprint density at radius 3 is 2.76 bits per heavy atom. The average molecular weight is 256 g/mol. The van der Waals surface area contributed by atoms with Crippen molar-refractivity contribution >= 4 is 11.3 Å². The van der Waals surface area contributed by atoms with E-state index >= 15 is 0 Å². The van der Waals surface area contributed by atoms with Crippen LogP contribution in [-0.2, 0) is 17.7 Å². The van der Waals surface area contributed by atoms with E-state index in [9.17, 15) is 0 Å². The number of rotatable bonds is 9. The van der Waals surface area contributed by atoms with E-state index in [2.05, 4.69) is 24.4 Å². The lowest BCUT2D eigenvalue weighted by atomic mass is 10.1. The highest BCUT2D eigenvalue weighted by Crippen LogP contribution is 2.16. The van der Waals surface area contributed by atoms with Crippen LogP contribution in [0.15, 0.2) is 12.1 Å². The first-order chi connectivity index (χ1) is 8.30. The zero-order valence-corrected chi connectivity index (χ0v) is 11.7. The van der Waals surface area contributed by atoms with Crippen LogP contribution in [0.2, 0.25) is 0 Å². The molecule has 0 fully saturated rings. The van der Waals surface area contributed by atoms with Gasteiger partial charge >= 0.3 is 0 Å². The molecule has 1 aromatic heterocycles. The third-order valence-electron chi connectivity index (χ3n) is 2.76. The van der Waals surface area contributed by atoms with Gasteiger partial charge in [-0.2, -0.15) is 0 Å². The van der Waals surface area contributed by atoms with Crippen molar-refractivity contribution in [3.05, 3.63) is 21.9 Å². The molecule has 0 aromatic carbocycles. The normalized spacial score (nSPS) is 12.9. The highest BCUT2D eigenvalue weighted by molar-refractivity contribution is 7.11. The van der Waals surface area contributed by atoms with Gasteiger partial charge in [0.25, 0.3) is 0 Å². The molecule has 0 saturated heterocycles. The minimum Gasteiger partial charge on any atom is -0.383 e. The first-order valence-corrected chi connectivity index (χ1v) is 7.11. The maximum absolute atomic E-state index is 5.54. The summed E-state index contributed by atoms with van der Waals surface area (Å²) in [4.78, 5) is 2.85. The van der Waals surface area contributed by atoms with Gasteiger partial charge in [-0.1, -0.05) is 6.92 Å². The molecule has 0 spiro atoms. The van der Waals surface area contributed by atoms with Crippen LogP contribution < -0.4 is 11.1 Å². The Labute approximate surface area is 108 Å². The van der Waals surface area contributed by atoms with Gasteiger partial charge in [-0.25, -0.2) is 0 Å². The van der Waals surface area contributed by atoms with Gasteiger partial charge in [-0.3, -0.25) is 0 Å². The highest BCUT2D eigenvalue weighted by atomic mass is 32.1. The smallest absolute Gasteiger partial charge is 0.0615 e. The minimum absolute atomic E-state index is 0.413. The number of hydrogen-bond donors (Lipinski definition) is 2. The fourth-order valence-electron chi connectivity index (χ4n) is 1.76. The molecule has 1 atom stereocenters. The van der Waals surface area contributed by atoms with Gasteiger partial charge in [0.15, 0.2) is 0 Å². The number of aryl methyl sites for hydroxylation is 1. The van der Waals surface area contributed by atoms with Crippen molar-refractivity contribution < 1.29 is 4.74 Å². The van der Waals surface area contributed by atoms with E-state index in [0.29, 0.717) is 6.04 Å². The zero-order valence-electron chi connectivity index (χ0n) is 10.9. The van der Waals surface area contributed by atoms with Crippen molar-refractivity contribution in [1.82, 2.24) is 5.32 Å². The Morgan fingerprint density at radius 1 is 1.41 bits per heavy atom. The second kappa shape index (κ2) is 8.64. The Balaban J connectivity index is 2.34. The molecule has 4 heteroatoms. The maximum Gasteiger partial charge on any atom is 0.0615 e. The molecule has 98 valence electrons. The number of nitrogens with two attached hydrogens (primary N) is 1. The molecule has 0 aliphatic rings. The van der Waals surface area contributed by atoms with Crippen LogP contribution in [0.4, 0.5) is 0 Å². The van der Waals surface area contributed by atoms with Crippen molar-refractivity contribution in [3.8, 4) is 0 Å². The molecule has 0 bridgehead atoms. The van der Waals surface area contributed by atoms with Crippen molar-refractivity contribution in [1.29, 1.82) is 0 Å². The lowest BCUT2D eigenvalue weighted by Crippen LogP contribution is -2.33. The lowest BCUT2D eigenvalue weighted by Gasteiger charge is -2.16. The summed E-state index contributed by atoms with van der Waals surface area (Å²) in [5.74, 6) is 0. The van der Waals surface area contributed by atoms with Crippen molar-refractivity contribution in [3.63, 3.8) is 0 Å². The molecule has 0 radical (unpaired) electrons. The van der Waals surface area contributed by atoms with Crippen LogP contribution >= 0.6 is 11.3 Å². The van der Waals surface area contributed by atoms with E-state index < -0.39 is 0 Å². The predicted octanol–water partition coefficient (Wildman–Crippen LogP) is 2.15. The molecule has 0 aliphatic carbocycles. The number of hydrogen-bond acceptors (Lipinski definition) is 4. The van der Waals surface area contributed by atoms with Crippen LogP contribution in [0.3, 0.4) is 0 Å². The van der Waals surface area contributed by atoms with Gasteiger partial charge < -0.3 is 15.8 Å². The van der Waals surface area contributed by atoms with E-state index in [1.807, 2.05) is 11.3 Å². The molecular formula is C13H24N2OS. The van der Waals surface area contributed by atoms with E-state index in [1.165, 1.54) is 9.75 Å². The minimum atomic E-state index is 0.413. The summed E-state index contributed by atoms with van der Waals surface area (Å²) in [5, 5.41) is 3.54. The third kappa shape index (κ3) is 5.64. The predicted molar refractivity (Wildman–Crippen MR) is 74.5 cm³/mol. The molecule has 1 unspecified atom stereocenters. The van der Waals surface area contributed by atoms with Gasteiger partial charge in [0.2, 0.25) is 0 Å². The molecule has 0 aliphatic heterocycles. The topological polar surface area (TPSA) is 47.3 Å². The second-order valence-electron chi connectivity index (χ2n) is 4.19. The maximum atomic E-state index is 5.54. The molecule has 0 amide bonds. The van der Waals surface area contributed by atoms with Gasteiger partial charge in [-0.05, 0) is 37.9 Å². The quantitative estimate of drug-likeness (QED) is 0.712. The molecule has 3 nitrogen and oxygen atoms in total. The molecule has 1 rings (SSSR count). The lowest BCUT2D eigenvalue weighted by molar-refractivity contribution is 0.161. The largest absolute Gasteiger partial charge is 0.383 e. The van der Waals surface area contributed by atoms with Crippen LogP contribution in [0, 0.1) is 0 Å². The summed E-state index contributed by atoms with van der Waals surface area (Å²) in [6.07, 6.45) is 3.25. The fourth-order valence-corrected chi connectivity index (χ4v) is 2.67. The molecule has 0 saturated carbocycles. The Kier molecular flexibility index (Phi) is 7.44. The Bertz CT molecular complexity index is 301. The molecular weight excluding hydrogens is 232 g/mol. The Hall–Kier alpha value is -0.420. The first kappa shape index (κ1) is 14.6. The highest BCUT2D eigenvalue weighted by Gasteiger charge is 2.08. The fraction of sp³-hybridized carbons (Fsp3) is 0.692. The van der Waals surface area contributed by atoms with E-state index in [-0.39, 0.29) is 0 Å². The molecule has 3 N–H and O–H groups in total. The van der Waals surface area contributed by atoms with Crippen LogP contribution in [0.5, 0.6) is 0 Å². The number of thiophene rings is 1. The Morgan fingerprint density at radius 2 is 2.18 bits per heavy atom. The summed E-state index contributed by atoms with van der Waals surface area (Å²) in [6.45, 7) is 4.63. The van der Waals surface area contributed by atoms with Crippen LogP contribution in [0.1, 0.15) is 29.5 Å². The molecule has 1 aromatic rings. The van der Waals surface area contributed by atoms with Gasteiger partial charge in [0.05, 0.1) is 6.61 Å². The zero-order chi connectivity index (χ0) is 12.5. The first-order valence-electron chi connectivity index (χ1n) is 6.30. The third-order valence-corrected chi connectivity index (χ3v) is 3.98. The number of methoxy groups -OCH3 is 1. The van der Waals surface area contributed by atoms with Crippen molar-refractivity contribution in [2.75, 3.05) is 20.3 Å². The summed E-state index contributed by atoms with van der Waals surface area (Å²) in [5.41, 5.74) is 5.54. The second-order valence-corrected chi connectivity index (χ2v) is 5.44. The summed E-state index contributed by atoms with van der Waals surface area (Å²) >= 11 is 1.89. The van der Waals surface area contributed by atoms with E-state index in [0.717, 1.165) is 39.0 Å². The average Bonchev–Trinajstić information content (AvgIpc) is 2.80. The monoisotopic (exact) mass is 256 g/mol. The summed E-state index contributed by atoms with van der Waals surface area (Å²) in [6, 6.07) is 4.84. The van der Waals surface area contributed by atoms with Crippen LogP contribution in [-0.4, -0.2) is 26.3 Å². The van der Waals surface area contributed by atoms with Gasteiger partial charge in [0, 0.05) is 29.5 Å². The van der Waals surface area contributed by atoms with Crippen molar-refractivity contribution in [2.45, 2.75) is 38.8 Å². The number of ether oxygens (including phenoxy) is 1. The van der Waals surface area contributed by atoms with Gasteiger partial charge in [0.1, 0.15) is 0 Å². The summed E-state index contributed by atoms with van der Waals surface area (Å²) < 4.78 is 5.22. The van der Waals surface area contributed by atoms with E-state index in [1.54, 1.807) is 7.11 Å². The number of nitrogens with one attached hydrogen (secondary N) is 1. The standard InChI is InChI=1S/C13H24N2OS/c1-3-12-6-7-13(17-12)9-15-11(10-16-2)5-4-8-14/h6-7,11,15H,3-5,8-10,14H2,1-2H3. The summed E-state index contributed by atoms with van der Waals surface area (Å²) in [7, 11) is 1.75. The van der Waals surface area contributed by atoms with E-state index in [4.69, 9.17) is 10.5 Å². The molecule has 17 heavy (non-hydrogen) atoms. The molecule has 1 heterocycles. The van der Waals surface area contributed by atoms with Gasteiger partial charge in [-0.15, -0.1) is 11.3 Å². The van der Waals surface area contributed by atoms with Crippen LogP contribution in [0.25, 0.3) is 0 Å².